The van der Waals surface area contributed by atoms with E-state index in [0.717, 1.165) is 14.2 Å². The first-order valence-corrected chi connectivity index (χ1v) is 6.16. The molecular weight excluding hydrogens is 240 g/mol. The summed E-state index contributed by atoms with van der Waals surface area (Å²) in [6.07, 6.45) is -1.52. The average molecular weight is 248 g/mol. The van der Waals surface area contributed by atoms with Crippen LogP contribution in [0.5, 0.6) is 0 Å². The molecule has 84 valence electrons. The molecule has 0 aliphatic heterocycles. The third-order valence-electron chi connectivity index (χ3n) is 0.904. The number of methoxy groups -OCH3 is 1. The Labute approximate surface area is 81.0 Å². The third kappa shape index (κ3) is 4.99. The molecule has 0 unspecified atom stereocenters. The van der Waals surface area contributed by atoms with Crippen LogP contribution in [0.3, 0.4) is 0 Å². The zero-order chi connectivity index (χ0) is 11.4. The summed E-state index contributed by atoms with van der Waals surface area (Å²) < 4.78 is 54.3. The van der Waals surface area contributed by atoms with Gasteiger partial charge < -0.3 is 8.92 Å². The minimum Gasteiger partial charge on any atom is -0.437 e. The maximum atomic E-state index is 10.8. The SMILES string of the molecule is COC(=O)OS(=O)(=O)CS(=O)(=O)OC. The lowest BCUT2D eigenvalue weighted by atomic mass is 11.4. The van der Waals surface area contributed by atoms with E-state index in [-0.39, 0.29) is 0 Å². The van der Waals surface area contributed by atoms with E-state index in [4.69, 9.17) is 0 Å². The molecule has 0 radical (unpaired) electrons. The van der Waals surface area contributed by atoms with Gasteiger partial charge in [0.25, 0.3) is 10.1 Å². The Morgan fingerprint density at radius 3 is 1.93 bits per heavy atom. The summed E-state index contributed by atoms with van der Waals surface area (Å²) in [4.78, 5) is 10.3. The quantitative estimate of drug-likeness (QED) is 0.461. The molecular formula is C4H8O8S2. The molecule has 0 aliphatic carbocycles. The Balaban J connectivity index is 4.61. The van der Waals surface area contributed by atoms with Crippen LogP contribution in [-0.2, 0) is 33.3 Å². The number of hydrogen-bond acceptors (Lipinski definition) is 8. The lowest BCUT2D eigenvalue weighted by Crippen LogP contribution is -2.22. The highest BCUT2D eigenvalue weighted by Crippen LogP contribution is 2.02. The molecule has 0 atom stereocenters. The number of hydrogen-bond donors (Lipinski definition) is 0. The van der Waals surface area contributed by atoms with Crippen molar-refractivity contribution in [1.29, 1.82) is 0 Å². The van der Waals surface area contributed by atoms with E-state index in [1.807, 2.05) is 0 Å². The van der Waals surface area contributed by atoms with Crippen molar-refractivity contribution in [2.45, 2.75) is 0 Å². The average Bonchev–Trinajstić information content (AvgIpc) is 2.01. The normalized spacial score (nSPS) is 12.1. The van der Waals surface area contributed by atoms with Gasteiger partial charge in [0.15, 0.2) is 0 Å². The molecule has 14 heavy (non-hydrogen) atoms. The number of carbonyl (C=O) groups is 1. The van der Waals surface area contributed by atoms with E-state index < -0.39 is 31.5 Å². The molecule has 0 aromatic carbocycles. The van der Waals surface area contributed by atoms with Gasteiger partial charge in [-0.2, -0.15) is 16.8 Å². The zero-order valence-corrected chi connectivity index (χ0v) is 8.92. The fourth-order valence-corrected chi connectivity index (χ4v) is 2.65. The first-order chi connectivity index (χ1) is 6.22. The van der Waals surface area contributed by atoms with Crippen molar-refractivity contribution in [3.63, 3.8) is 0 Å². The van der Waals surface area contributed by atoms with Gasteiger partial charge in [-0.05, 0) is 0 Å². The maximum Gasteiger partial charge on any atom is 0.524 e. The Bertz CT molecular complexity index is 389. The van der Waals surface area contributed by atoms with Crippen LogP contribution in [0.2, 0.25) is 0 Å². The second-order valence-corrected chi connectivity index (χ2v) is 5.61. The van der Waals surface area contributed by atoms with Crippen LogP contribution in [0.1, 0.15) is 0 Å². The topological polar surface area (TPSA) is 113 Å². The van der Waals surface area contributed by atoms with Crippen molar-refractivity contribution in [3.05, 3.63) is 0 Å². The van der Waals surface area contributed by atoms with Crippen molar-refractivity contribution in [2.75, 3.05) is 19.3 Å². The molecule has 0 amide bonds. The van der Waals surface area contributed by atoms with Crippen molar-refractivity contribution >= 4 is 26.4 Å². The van der Waals surface area contributed by atoms with Crippen molar-refractivity contribution in [1.82, 2.24) is 0 Å². The van der Waals surface area contributed by atoms with E-state index in [9.17, 15) is 21.6 Å². The van der Waals surface area contributed by atoms with E-state index in [0.29, 0.717) is 0 Å². The lowest BCUT2D eigenvalue weighted by Gasteiger charge is -2.03. The van der Waals surface area contributed by atoms with Crippen molar-refractivity contribution < 1.29 is 34.7 Å². The van der Waals surface area contributed by atoms with E-state index in [1.54, 1.807) is 0 Å². The van der Waals surface area contributed by atoms with Gasteiger partial charge in [0.2, 0.25) is 5.08 Å². The predicted octanol–water partition coefficient (Wildman–Crippen LogP) is -0.967. The summed E-state index contributed by atoms with van der Waals surface area (Å²) in [5.74, 6) is 0. The second kappa shape index (κ2) is 4.57. The Morgan fingerprint density at radius 1 is 1.07 bits per heavy atom. The van der Waals surface area contributed by atoms with Crippen LogP contribution in [0.15, 0.2) is 0 Å². The first kappa shape index (κ1) is 13.1. The van der Waals surface area contributed by atoms with Crippen molar-refractivity contribution in [2.24, 2.45) is 0 Å². The Kier molecular flexibility index (Phi) is 4.29. The lowest BCUT2D eigenvalue weighted by molar-refractivity contribution is 0.124. The predicted molar refractivity (Wildman–Crippen MR) is 43.2 cm³/mol. The van der Waals surface area contributed by atoms with Gasteiger partial charge >= 0.3 is 16.3 Å². The molecule has 0 saturated heterocycles. The van der Waals surface area contributed by atoms with Crippen LogP contribution in [0, 0.1) is 0 Å². The highest BCUT2D eigenvalue weighted by molar-refractivity contribution is 8.03. The summed E-state index contributed by atoms with van der Waals surface area (Å²) in [7, 11) is -7.14. The number of rotatable bonds is 4. The number of ether oxygens (including phenoxy) is 1. The van der Waals surface area contributed by atoms with Crippen LogP contribution < -0.4 is 0 Å². The highest BCUT2D eigenvalue weighted by Gasteiger charge is 2.26. The molecule has 0 rings (SSSR count). The van der Waals surface area contributed by atoms with Crippen molar-refractivity contribution in [3.8, 4) is 0 Å². The van der Waals surface area contributed by atoms with Gasteiger partial charge in [-0.15, -0.1) is 0 Å². The minimum atomic E-state index is -4.55. The summed E-state index contributed by atoms with van der Waals surface area (Å²) in [6.45, 7) is 0. The monoisotopic (exact) mass is 248 g/mol. The van der Waals surface area contributed by atoms with Gasteiger partial charge in [-0.25, -0.2) is 4.79 Å². The third-order valence-corrected chi connectivity index (χ3v) is 4.11. The Hall–Kier alpha value is -0.870. The largest absolute Gasteiger partial charge is 0.524 e. The molecule has 0 saturated carbocycles. The first-order valence-electron chi connectivity index (χ1n) is 3.01. The molecule has 8 nitrogen and oxygen atoms in total. The summed E-state index contributed by atoms with van der Waals surface area (Å²) in [5, 5.41) is -1.45. The molecule has 0 heterocycles. The highest BCUT2D eigenvalue weighted by atomic mass is 32.3. The van der Waals surface area contributed by atoms with Crippen LogP contribution in [0.25, 0.3) is 0 Å². The fraction of sp³-hybridized carbons (Fsp3) is 0.750. The fourth-order valence-electron chi connectivity index (χ4n) is 0.387. The molecule has 0 aromatic rings. The summed E-state index contributed by atoms with van der Waals surface area (Å²) >= 11 is 0. The summed E-state index contributed by atoms with van der Waals surface area (Å²) in [5.41, 5.74) is 0. The van der Waals surface area contributed by atoms with Gasteiger partial charge in [-0.1, -0.05) is 0 Å². The molecule has 0 spiro atoms. The Morgan fingerprint density at radius 2 is 1.57 bits per heavy atom. The van der Waals surface area contributed by atoms with Gasteiger partial charge in [0.05, 0.1) is 14.2 Å². The van der Waals surface area contributed by atoms with Crippen LogP contribution in [0.4, 0.5) is 4.79 Å². The molecule has 0 bridgehead atoms. The molecule has 0 N–H and O–H groups in total. The van der Waals surface area contributed by atoms with E-state index in [2.05, 4.69) is 13.1 Å². The standard InChI is InChI=1S/C4H8O8S2/c1-10-4(5)12-14(8,9)3-13(6,7)11-2/h3H2,1-2H3. The summed E-state index contributed by atoms with van der Waals surface area (Å²) in [6, 6.07) is 0. The van der Waals surface area contributed by atoms with E-state index in [1.165, 1.54) is 0 Å². The van der Waals surface area contributed by atoms with E-state index >= 15 is 0 Å². The molecule has 0 aliphatic rings. The zero-order valence-electron chi connectivity index (χ0n) is 7.29. The minimum absolute atomic E-state index is 0.781. The smallest absolute Gasteiger partial charge is 0.437 e. The maximum absolute atomic E-state index is 10.8. The molecule has 0 fully saturated rings. The molecule has 10 heteroatoms. The van der Waals surface area contributed by atoms with Gasteiger partial charge in [0, 0.05) is 0 Å². The van der Waals surface area contributed by atoms with Crippen LogP contribution >= 0.6 is 0 Å². The number of carbonyl (C=O) groups excluding carboxylic acids is 1. The molecule has 0 aromatic heterocycles. The second-order valence-electron chi connectivity index (χ2n) is 1.94. The van der Waals surface area contributed by atoms with Gasteiger partial charge in [0.1, 0.15) is 0 Å². The van der Waals surface area contributed by atoms with Crippen LogP contribution in [-0.4, -0.2) is 42.3 Å². The van der Waals surface area contributed by atoms with Gasteiger partial charge in [-0.3, -0.25) is 4.18 Å².